The Morgan fingerprint density at radius 2 is 1.57 bits per heavy atom. The molecule has 2 aromatic rings. The Morgan fingerprint density at radius 3 is 2.14 bits per heavy atom. The summed E-state index contributed by atoms with van der Waals surface area (Å²) >= 11 is 0. The summed E-state index contributed by atoms with van der Waals surface area (Å²) in [6.07, 6.45) is 3.72. The minimum absolute atomic E-state index is 0.0519. The van der Waals surface area contributed by atoms with Crippen LogP contribution in [0.2, 0.25) is 0 Å². The number of amides is 2. The van der Waals surface area contributed by atoms with Crippen LogP contribution in [-0.4, -0.2) is 24.9 Å². The van der Waals surface area contributed by atoms with Crippen molar-refractivity contribution in [3.8, 4) is 0 Å². The van der Waals surface area contributed by atoms with E-state index in [1.54, 1.807) is 6.08 Å². The Morgan fingerprint density at radius 1 is 0.964 bits per heavy atom. The lowest BCUT2D eigenvalue weighted by molar-refractivity contribution is -0.117. The van der Waals surface area contributed by atoms with Gasteiger partial charge in [0, 0.05) is 18.8 Å². The molecule has 0 aliphatic carbocycles. The van der Waals surface area contributed by atoms with Gasteiger partial charge in [0.2, 0.25) is 0 Å². The molecule has 1 saturated heterocycles. The average molecular weight is 381 g/mol. The standard InChI is InChI=1S/C22H24FN3O2/c1-3-13-25(14-4-2)18-9-5-16(6-10-18)15-20-21(27)24-26(22(20)28)19-11-7-17(23)8-12-19/h5-12,15H,3-4,13-14H2,1-2H3,(H,24,27)/b20-15-. The fourth-order valence-corrected chi connectivity index (χ4v) is 3.19. The van der Waals surface area contributed by atoms with Crippen molar-refractivity contribution in [2.75, 3.05) is 23.0 Å². The second-order valence-electron chi connectivity index (χ2n) is 6.69. The van der Waals surface area contributed by atoms with Gasteiger partial charge >= 0.3 is 0 Å². The summed E-state index contributed by atoms with van der Waals surface area (Å²) in [5.74, 6) is -1.34. The number of anilines is 2. The minimum Gasteiger partial charge on any atom is -0.372 e. The van der Waals surface area contributed by atoms with Crippen molar-refractivity contribution in [1.82, 2.24) is 5.43 Å². The number of hydrogen-bond acceptors (Lipinski definition) is 3. The topological polar surface area (TPSA) is 52.7 Å². The van der Waals surface area contributed by atoms with E-state index in [4.69, 9.17) is 0 Å². The first-order valence-electron chi connectivity index (χ1n) is 9.51. The van der Waals surface area contributed by atoms with Crippen molar-refractivity contribution < 1.29 is 14.0 Å². The third kappa shape index (κ3) is 4.22. The maximum atomic E-state index is 13.1. The van der Waals surface area contributed by atoms with Gasteiger partial charge in [0.05, 0.1) is 5.69 Å². The molecular weight excluding hydrogens is 357 g/mol. The van der Waals surface area contributed by atoms with Gasteiger partial charge in [0.1, 0.15) is 11.4 Å². The molecule has 1 heterocycles. The first-order valence-corrected chi connectivity index (χ1v) is 9.51. The smallest absolute Gasteiger partial charge is 0.282 e. The monoisotopic (exact) mass is 381 g/mol. The lowest BCUT2D eigenvalue weighted by Crippen LogP contribution is -2.35. The van der Waals surface area contributed by atoms with Gasteiger partial charge in [-0.25, -0.2) is 9.40 Å². The first-order chi connectivity index (χ1) is 13.5. The van der Waals surface area contributed by atoms with E-state index in [-0.39, 0.29) is 5.57 Å². The summed E-state index contributed by atoms with van der Waals surface area (Å²) in [5.41, 5.74) is 4.88. The molecular formula is C22H24FN3O2. The van der Waals surface area contributed by atoms with Crippen LogP contribution in [0, 0.1) is 5.82 Å². The number of nitrogens with one attached hydrogen (secondary N) is 1. The molecule has 1 N–H and O–H groups in total. The third-order valence-electron chi connectivity index (χ3n) is 4.53. The summed E-state index contributed by atoms with van der Waals surface area (Å²) in [4.78, 5) is 27.2. The molecule has 0 atom stereocenters. The molecule has 0 spiro atoms. The first kappa shape index (κ1) is 19.6. The van der Waals surface area contributed by atoms with E-state index in [9.17, 15) is 14.0 Å². The van der Waals surface area contributed by atoms with Crippen LogP contribution in [0.5, 0.6) is 0 Å². The lowest BCUT2D eigenvalue weighted by Gasteiger charge is -2.23. The average Bonchev–Trinajstić information content (AvgIpc) is 2.97. The molecule has 0 unspecified atom stereocenters. The number of halogens is 1. The highest BCUT2D eigenvalue weighted by atomic mass is 19.1. The highest BCUT2D eigenvalue weighted by molar-refractivity contribution is 6.31. The number of carbonyl (C=O) groups excluding carboxylic acids is 2. The predicted molar refractivity (Wildman–Crippen MR) is 109 cm³/mol. The van der Waals surface area contributed by atoms with E-state index >= 15 is 0 Å². The SMILES string of the molecule is CCCN(CCC)c1ccc(/C=C2/C(=O)NN(c3ccc(F)cc3)C2=O)cc1. The molecule has 3 rings (SSSR count). The third-order valence-corrected chi connectivity index (χ3v) is 4.53. The minimum atomic E-state index is -0.475. The van der Waals surface area contributed by atoms with Crippen LogP contribution in [0.1, 0.15) is 32.3 Å². The van der Waals surface area contributed by atoms with Gasteiger partial charge in [-0.2, -0.15) is 0 Å². The molecule has 0 saturated carbocycles. The van der Waals surface area contributed by atoms with Crippen molar-refractivity contribution >= 4 is 29.3 Å². The van der Waals surface area contributed by atoms with E-state index in [2.05, 4.69) is 24.2 Å². The number of rotatable bonds is 7. The highest BCUT2D eigenvalue weighted by Gasteiger charge is 2.34. The Kier molecular flexibility index (Phi) is 6.09. The summed E-state index contributed by atoms with van der Waals surface area (Å²) in [7, 11) is 0. The lowest BCUT2D eigenvalue weighted by atomic mass is 10.1. The Labute approximate surface area is 164 Å². The van der Waals surface area contributed by atoms with Gasteiger partial charge in [-0.15, -0.1) is 0 Å². The van der Waals surface area contributed by atoms with Crippen LogP contribution >= 0.6 is 0 Å². The zero-order valence-electron chi connectivity index (χ0n) is 16.1. The van der Waals surface area contributed by atoms with Crippen molar-refractivity contribution in [3.63, 3.8) is 0 Å². The largest absolute Gasteiger partial charge is 0.372 e. The maximum Gasteiger partial charge on any atom is 0.282 e. The van der Waals surface area contributed by atoms with Crippen molar-refractivity contribution in [3.05, 3.63) is 65.5 Å². The second-order valence-corrected chi connectivity index (χ2v) is 6.69. The van der Waals surface area contributed by atoms with Crippen LogP contribution in [-0.2, 0) is 9.59 Å². The molecule has 2 aromatic carbocycles. The highest BCUT2D eigenvalue weighted by Crippen LogP contribution is 2.23. The number of carbonyl (C=O) groups is 2. The molecule has 5 nitrogen and oxygen atoms in total. The number of benzene rings is 2. The van der Waals surface area contributed by atoms with Crippen molar-refractivity contribution in [1.29, 1.82) is 0 Å². The van der Waals surface area contributed by atoms with E-state index < -0.39 is 17.6 Å². The Bertz CT molecular complexity index is 870. The number of hydrazine groups is 1. The quantitative estimate of drug-likeness (QED) is 0.584. The molecule has 1 fully saturated rings. The van der Waals surface area contributed by atoms with Crippen LogP contribution in [0.25, 0.3) is 6.08 Å². The molecule has 28 heavy (non-hydrogen) atoms. The predicted octanol–water partition coefficient (Wildman–Crippen LogP) is 3.91. The molecule has 1 aliphatic heterocycles. The van der Waals surface area contributed by atoms with Crippen LogP contribution < -0.4 is 15.3 Å². The molecule has 2 amide bonds. The van der Waals surface area contributed by atoms with Gasteiger partial charge in [-0.1, -0.05) is 26.0 Å². The summed E-state index contributed by atoms with van der Waals surface area (Å²) < 4.78 is 13.1. The zero-order valence-corrected chi connectivity index (χ0v) is 16.1. The van der Waals surface area contributed by atoms with Crippen molar-refractivity contribution in [2.24, 2.45) is 0 Å². The molecule has 6 heteroatoms. The molecule has 1 aliphatic rings. The zero-order chi connectivity index (χ0) is 20.1. The number of hydrogen-bond donors (Lipinski definition) is 1. The van der Waals surface area contributed by atoms with Gasteiger partial charge in [-0.05, 0) is 60.9 Å². The summed E-state index contributed by atoms with van der Waals surface area (Å²) in [6, 6.07) is 13.2. The van der Waals surface area contributed by atoms with Crippen LogP contribution in [0.3, 0.4) is 0 Å². The fraction of sp³-hybridized carbons (Fsp3) is 0.273. The van der Waals surface area contributed by atoms with Gasteiger partial charge in [0.25, 0.3) is 11.8 Å². The van der Waals surface area contributed by atoms with Gasteiger partial charge < -0.3 is 4.90 Å². The fourth-order valence-electron chi connectivity index (χ4n) is 3.19. The summed E-state index contributed by atoms with van der Waals surface area (Å²) in [5, 5.41) is 1.13. The Balaban J connectivity index is 1.80. The maximum absolute atomic E-state index is 13.1. The molecule has 0 radical (unpaired) electrons. The van der Waals surface area contributed by atoms with E-state index in [1.807, 2.05) is 24.3 Å². The number of nitrogens with zero attached hydrogens (tertiary/aromatic N) is 2. The molecule has 0 aromatic heterocycles. The van der Waals surface area contributed by atoms with Gasteiger partial charge in [-0.3, -0.25) is 15.0 Å². The normalized spacial score (nSPS) is 15.2. The molecule has 0 bridgehead atoms. The van der Waals surface area contributed by atoms with Gasteiger partial charge in [0.15, 0.2) is 0 Å². The van der Waals surface area contributed by atoms with Crippen molar-refractivity contribution in [2.45, 2.75) is 26.7 Å². The Hall–Kier alpha value is -3.15. The van der Waals surface area contributed by atoms with E-state index in [0.717, 1.165) is 42.2 Å². The van der Waals surface area contributed by atoms with Crippen LogP contribution in [0.15, 0.2) is 54.1 Å². The van der Waals surface area contributed by atoms with E-state index in [0.29, 0.717) is 5.69 Å². The van der Waals surface area contributed by atoms with Crippen LogP contribution in [0.4, 0.5) is 15.8 Å². The summed E-state index contributed by atoms with van der Waals surface area (Å²) in [6.45, 7) is 6.28. The second kappa shape index (κ2) is 8.69. The molecule has 146 valence electrons. The van der Waals surface area contributed by atoms with E-state index in [1.165, 1.54) is 24.3 Å².